The lowest BCUT2D eigenvalue weighted by atomic mass is 9.87. The Balaban J connectivity index is 1.18. The Bertz CT molecular complexity index is 1360. The largest absolute Gasteiger partial charge is 0.481 e. The summed E-state index contributed by atoms with van der Waals surface area (Å²) in [5.41, 5.74) is 5.48. The molecule has 5 nitrogen and oxygen atoms in total. The molecule has 5 rings (SSSR count). The van der Waals surface area contributed by atoms with Gasteiger partial charge in [-0.15, -0.1) is 0 Å². The predicted molar refractivity (Wildman–Crippen MR) is 175 cm³/mol. The minimum atomic E-state index is -0.644. The van der Waals surface area contributed by atoms with Crippen molar-refractivity contribution in [3.63, 3.8) is 0 Å². The summed E-state index contributed by atoms with van der Waals surface area (Å²) in [6.07, 6.45) is 8.33. The maximum atomic E-state index is 14.1. The molecule has 0 amide bonds. The van der Waals surface area contributed by atoms with Crippen LogP contribution in [0.3, 0.4) is 0 Å². The number of aryl methyl sites for hydroxylation is 2. The van der Waals surface area contributed by atoms with Crippen LogP contribution in [0, 0.1) is 36.4 Å². The average Bonchev–Trinajstić information content (AvgIpc) is 3.61. The molecule has 0 radical (unpaired) electrons. The van der Waals surface area contributed by atoms with Gasteiger partial charge >= 0.3 is 5.97 Å². The molecule has 1 aromatic heterocycles. The Morgan fingerprint density at radius 2 is 1.82 bits per heavy atom. The van der Waals surface area contributed by atoms with Crippen molar-refractivity contribution < 1.29 is 14.3 Å². The van der Waals surface area contributed by atoms with E-state index in [4.69, 9.17) is 5.10 Å². The minimum absolute atomic E-state index is 0.147. The number of nitrogens with zero attached hydrogens (tertiary/aromatic N) is 3. The van der Waals surface area contributed by atoms with E-state index in [9.17, 15) is 14.3 Å². The fraction of sp³-hybridized carbons (Fsp3) is 0.579. The molecule has 1 aliphatic heterocycles. The highest BCUT2D eigenvalue weighted by Gasteiger charge is 2.37. The molecular weight excluding hydrogens is 549 g/mol. The zero-order valence-corrected chi connectivity index (χ0v) is 27.2. The van der Waals surface area contributed by atoms with Crippen molar-refractivity contribution in [3.05, 3.63) is 88.5 Å². The molecule has 2 aliphatic rings. The van der Waals surface area contributed by atoms with E-state index < -0.39 is 5.97 Å². The van der Waals surface area contributed by atoms with Crippen LogP contribution >= 0.6 is 0 Å². The summed E-state index contributed by atoms with van der Waals surface area (Å²) in [5.74, 6) is 1.56. The molecule has 2 heterocycles. The number of likely N-dealkylation sites (tertiary alicyclic amines) is 1. The van der Waals surface area contributed by atoms with E-state index in [1.165, 1.54) is 24.1 Å². The zero-order chi connectivity index (χ0) is 31.2. The van der Waals surface area contributed by atoms with Crippen LogP contribution in [0.15, 0.2) is 54.6 Å². The van der Waals surface area contributed by atoms with E-state index in [1.54, 1.807) is 13.0 Å². The lowest BCUT2D eigenvalue weighted by Crippen LogP contribution is -2.37. The molecule has 0 spiro atoms. The number of benzene rings is 2. The van der Waals surface area contributed by atoms with Crippen LogP contribution in [-0.2, 0) is 17.8 Å². The van der Waals surface area contributed by atoms with Crippen molar-refractivity contribution in [3.8, 4) is 0 Å². The highest BCUT2D eigenvalue weighted by molar-refractivity contribution is 5.70. The Morgan fingerprint density at radius 1 is 1.07 bits per heavy atom. The maximum absolute atomic E-state index is 14.1. The van der Waals surface area contributed by atoms with Crippen molar-refractivity contribution in [2.45, 2.75) is 97.4 Å². The second-order valence-corrected chi connectivity index (χ2v) is 13.9. The lowest BCUT2D eigenvalue weighted by Gasteiger charge is -2.35. The molecule has 6 heteroatoms. The summed E-state index contributed by atoms with van der Waals surface area (Å²) in [6, 6.07) is 18.8. The van der Waals surface area contributed by atoms with Crippen LogP contribution < -0.4 is 0 Å². The van der Waals surface area contributed by atoms with Gasteiger partial charge in [-0.3, -0.25) is 9.48 Å². The van der Waals surface area contributed by atoms with E-state index in [-0.39, 0.29) is 17.7 Å². The van der Waals surface area contributed by atoms with Gasteiger partial charge in [-0.25, -0.2) is 4.39 Å². The number of aliphatic carboxylic acids is 1. The van der Waals surface area contributed by atoms with Crippen molar-refractivity contribution in [2.24, 2.45) is 23.7 Å². The average molecular weight is 602 g/mol. The van der Waals surface area contributed by atoms with Gasteiger partial charge in [0.1, 0.15) is 5.82 Å². The van der Waals surface area contributed by atoms with E-state index in [2.05, 4.69) is 52.9 Å². The number of carboxylic acid groups (broad SMARTS) is 1. The standard InChI is InChI=1S/C38H52FN3O2/c1-5-42-37(24-33(40-42)21-29-15-14-27(4)36(39)23-29)31-16-18-41(19-17-31)25-32-20-28(10-9-13-34(26(2)3)38(43)44)22-35(32)30-11-7-6-8-12-30/h6-8,11-12,14-15,23-24,26,28,31-32,34-35H,5,9-10,13,16-22,25H2,1-4H3,(H,43,44)/t28?,32-,34?,35-/m1/s1. The second kappa shape index (κ2) is 14.9. The Morgan fingerprint density at radius 3 is 2.48 bits per heavy atom. The number of aromatic nitrogens is 2. The highest BCUT2D eigenvalue weighted by atomic mass is 19.1. The molecule has 238 valence electrons. The predicted octanol–water partition coefficient (Wildman–Crippen LogP) is 8.46. The fourth-order valence-corrected chi connectivity index (χ4v) is 8.01. The van der Waals surface area contributed by atoms with Gasteiger partial charge in [0.15, 0.2) is 0 Å². The van der Waals surface area contributed by atoms with Gasteiger partial charge in [0.25, 0.3) is 0 Å². The molecule has 2 fully saturated rings. The smallest absolute Gasteiger partial charge is 0.306 e. The van der Waals surface area contributed by atoms with Crippen LogP contribution in [0.4, 0.5) is 4.39 Å². The van der Waals surface area contributed by atoms with E-state index in [0.717, 1.165) is 69.5 Å². The van der Waals surface area contributed by atoms with Crippen LogP contribution in [0.25, 0.3) is 0 Å². The molecule has 2 unspecified atom stereocenters. The summed E-state index contributed by atoms with van der Waals surface area (Å²) in [4.78, 5) is 14.4. The third-order valence-corrected chi connectivity index (χ3v) is 10.6. The van der Waals surface area contributed by atoms with E-state index in [1.807, 2.05) is 26.0 Å². The van der Waals surface area contributed by atoms with Gasteiger partial charge in [-0.1, -0.05) is 69.2 Å². The van der Waals surface area contributed by atoms with Gasteiger partial charge in [0, 0.05) is 31.1 Å². The summed E-state index contributed by atoms with van der Waals surface area (Å²) >= 11 is 0. The molecule has 3 aromatic rings. The van der Waals surface area contributed by atoms with Crippen LogP contribution in [-0.4, -0.2) is 45.4 Å². The summed E-state index contributed by atoms with van der Waals surface area (Å²) in [5, 5.41) is 14.5. The molecular formula is C38H52FN3O2. The third-order valence-electron chi connectivity index (χ3n) is 10.6. The molecule has 1 aliphatic carbocycles. The minimum Gasteiger partial charge on any atom is -0.481 e. The number of halogens is 1. The molecule has 1 N–H and O–H groups in total. The number of carbonyl (C=O) groups is 1. The molecule has 44 heavy (non-hydrogen) atoms. The topological polar surface area (TPSA) is 58.4 Å². The quantitative estimate of drug-likeness (QED) is 0.214. The zero-order valence-electron chi connectivity index (χ0n) is 27.2. The van der Waals surface area contributed by atoms with Gasteiger partial charge in [0.05, 0.1) is 11.6 Å². The number of hydrogen-bond donors (Lipinski definition) is 1. The first kappa shape index (κ1) is 32.4. The third kappa shape index (κ3) is 7.99. The summed E-state index contributed by atoms with van der Waals surface area (Å²) < 4.78 is 16.3. The number of carboxylic acids is 1. The Kier molecular flexibility index (Phi) is 10.9. The SMILES string of the molecule is CCn1nc(Cc2ccc(C)c(F)c2)cc1C1CCN(C[C@H]2CC(CCCC(C(=O)O)C(C)C)C[C@@H]2c2ccccc2)CC1. The van der Waals surface area contributed by atoms with Crippen molar-refractivity contribution >= 4 is 5.97 Å². The summed E-state index contributed by atoms with van der Waals surface area (Å²) in [6.45, 7) is 12.2. The van der Waals surface area contributed by atoms with Gasteiger partial charge in [-0.05, 0) is 112 Å². The number of piperidine rings is 1. The molecule has 4 atom stereocenters. The Labute approximate surface area is 263 Å². The number of rotatable bonds is 13. The van der Waals surface area contributed by atoms with E-state index in [0.29, 0.717) is 35.7 Å². The monoisotopic (exact) mass is 601 g/mol. The van der Waals surface area contributed by atoms with Crippen LogP contribution in [0.1, 0.15) is 106 Å². The van der Waals surface area contributed by atoms with Gasteiger partial charge < -0.3 is 10.0 Å². The first-order valence-electron chi connectivity index (χ1n) is 17.0. The Hall–Kier alpha value is -2.99. The van der Waals surface area contributed by atoms with Crippen LogP contribution in [0.5, 0.6) is 0 Å². The molecule has 1 saturated heterocycles. The van der Waals surface area contributed by atoms with Gasteiger partial charge in [0.2, 0.25) is 0 Å². The molecule has 0 bridgehead atoms. The normalized spacial score (nSPS) is 22.1. The highest BCUT2D eigenvalue weighted by Crippen LogP contribution is 2.46. The van der Waals surface area contributed by atoms with E-state index >= 15 is 0 Å². The second-order valence-electron chi connectivity index (χ2n) is 13.9. The molecule has 2 aromatic carbocycles. The first-order valence-corrected chi connectivity index (χ1v) is 17.0. The van der Waals surface area contributed by atoms with Crippen LogP contribution in [0.2, 0.25) is 0 Å². The maximum Gasteiger partial charge on any atom is 0.306 e. The van der Waals surface area contributed by atoms with Crippen molar-refractivity contribution in [1.82, 2.24) is 14.7 Å². The summed E-state index contributed by atoms with van der Waals surface area (Å²) in [7, 11) is 0. The fourth-order valence-electron chi connectivity index (χ4n) is 8.01. The van der Waals surface area contributed by atoms with Gasteiger partial charge in [-0.2, -0.15) is 5.10 Å². The van der Waals surface area contributed by atoms with Crippen molar-refractivity contribution in [1.29, 1.82) is 0 Å². The van der Waals surface area contributed by atoms with Crippen molar-refractivity contribution in [2.75, 3.05) is 19.6 Å². The lowest BCUT2D eigenvalue weighted by molar-refractivity contribution is -0.143. The molecule has 1 saturated carbocycles. The number of hydrogen-bond acceptors (Lipinski definition) is 3. The first-order chi connectivity index (χ1) is 21.2.